The van der Waals surface area contributed by atoms with E-state index < -0.39 is 29.1 Å². The van der Waals surface area contributed by atoms with Crippen LogP contribution in [0.5, 0.6) is 5.75 Å². The van der Waals surface area contributed by atoms with Gasteiger partial charge >= 0.3 is 12.4 Å². The smallest absolute Gasteiger partial charge is 0.430 e. The minimum absolute atomic E-state index is 0.0650. The summed E-state index contributed by atoms with van der Waals surface area (Å²) in [4.78, 5) is 18.2. The lowest BCUT2D eigenvalue weighted by Crippen LogP contribution is -2.53. The van der Waals surface area contributed by atoms with Crippen molar-refractivity contribution in [3.8, 4) is 11.4 Å². The Morgan fingerprint density at radius 2 is 1.51 bits per heavy atom. The largest absolute Gasteiger partial charge is 0.490 e. The molecular formula is C26H19ClF6N2O4. The third-order valence-electron chi connectivity index (χ3n) is 5.93. The quantitative estimate of drug-likeness (QED) is 0.293. The number of fused-ring (bicyclic) bond motifs is 1. The molecule has 206 valence electrons. The maximum absolute atomic E-state index is 13.7. The lowest BCUT2D eigenvalue weighted by atomic mass is 9.92. The highest BCUT2D eigenvalue weighted by molar-refractivity contribution is 6.36. The van der Waals surface area contributed by atoms with Crippen LogP contribution in [0.4, 0.5) is 26.3 Å². The van der Waals surface area contributed by atoms with Crippen molar-refractivity contribution in [3.63, 3.8) is 0 Å². The summed E-state index contributed by atoms with van der Waals surface area (Å²) in [7, 11) is 0. The fourth-order valence-electron chi connectivity index (χ4n) is 4.03. The number of aromatic nitrogens is 2. The summed E-state index contributed by atoms with van der Waals surface area (Å²) in [6, 6.07) is 14.2. The SMILES string of the molecule is O=c1c2c(Cl)c(OCCO)ccc2nc(Cc2ccccc2)n1-c1ccc(C(O)(C(F)(F)F)C(F)(F)F)cc1. The second-order valence-electron chi connectivity index (χ2n) is 8.43. The van der Waals surface area contributed by atoms with Crippen molar-refractivity contribution in [2.45, 2.75) is 24.4 Å². The van der Waals surface area contributed by atoms with Crippen LogP contribution in [0.1, 0.15) is 17.0 Å². The van der Waals surface area contributed by atoms with Crippen LogP contribution >= 0.6 is 11.6 Å². The van der Waals surface area contributed by atoms with Crippen molar-refractivity contribution < 1.29 is 41.3 Å². The van der Waals surface area contributed by atoms with Gasteiger partial charge in [0.1, 0.15) is 18.2 Å². The van der Waals surface area contributed by atoms with Crippen molar-refractivity contribution in [3.05, 3.63) is 99.1 Å². The molecule has 2 N–H and O–H groups in total. The van der Waals surface area contributed by atoms with Crippen LogP contribution in [0.2, 0.25) is 5.02 Å². The number of aliphatic hydroxyl groups excluding tert-OH is 1. The Morgan fingerprint density at radius 1 is 0.897 bits per heavy atom. The van der Waals surface area contributed by atoms with Gasteiger partial charge in [-0.25, -0.2) is 4.98 Å². The molecule has 0 fully saturated rings. The minimum atomic E-state index is -6.06. The fraction of sp³-hybridized carbons (Fsp3) is 0.231. The Bertz CT molecular complexity index is 1520. The summed E-state index contributed by atoms with van der Waals surface area (Å²) in [6.45, 7) is -0.455. The van der Waals surface area contributed by atoms with E-state index in [9.17, 15) is 36.2 Å². The normalized spacial score (nSPS) is 12.6. The number of alkyl halides is 6. The predicted molar refractivity (Wildman–Crippen MR) is 130 cm³/mol. The zero-order valence-electron chi connectivity index (χ0n) is 19.7. The molecule has 0 aliphatic carbocycles. The highest BCUT2D eigenvalue weighted by Gasteiger charge is 2.71. The summed E-state index contributed by atoms with van der Waals surface area (Å²) in [5.41, 5.74) is -6.60. The molecule has 0 unspecified atom stereocenters. The number of rotatable bonds is 7. The van der Waals surface area contributed by atoms with Gasteiger partial charge in [0.05, 0.1) is 28.2 Å². The summed E-state index contributed by atoms with van der Waals surface area (Å²) >= 11 is 6.40. The number of ether oxygens (including phenoxy) is 1. The molecule has 0 atom stereocenters. The van der Waals surface area contributed by atoms with E-state index >= 15 is 0 Å². The molecule has 39 heavy (non-hydrogen) atoms. The van der Waals surface area contributed by atoms with E-state index in [0.29, 0.717) is 17.7 Å². The molecule has 0 aliphatic rings. The van der Waals surface area contributed by atoms with Crippen molar-refractivity contribution >= 4 is 22.5 Å². The number of hydrogen-bond acceptors (Lipinski definition) is 5. The monoisotopic (exact) mass is 572 g/mol. The van der Waals surface area contributed by atoms with Gasteiger partial charge in [-0.3, -0.25) is 9.36 Å². The number of hydrogen-bond donors (Lipinski definition) is 2. The average Bonchev–Trinajstić information content (AvgIpc) is 2.87. The lowest BCUT2D eigenvalue weighted by Gasteiger charge is -2.32. The van der Waals surface area contributed by atoms with Gasteiger partial charge in [0, 0.05) is 12.0 Å². The average molecular weight is 573 g/mol. The van der Waals surface area contributed by atoms with Gasteiger partial charge in [0.25, 0.3) is 11.2 Å². The van der Waals surface area contributed by atoms with Gasteiger partial charge in [0.2, 0.25) is 0 Å². The second-order valence-corrected chi connectivity index (χ2v) is 8.81. The van der Waals surface area contributed by atoms with E-state index in [1.807, 2.05) is 0 Å². The molecule has 13 heteroatoms. The van der Waals surface area contributed by atoms with Crippen LogP contribution in [0.15, 0.2) is 71.5 Å². The molecule has 0 saturated heterocycles. The summed E-state index contributed by atoms with van der Waals surface area (Å²) in [5.74, 6) is 0.184. The third-order valence-corrected chi connectivity index (χ3v) is 6.30. The van der Waals surface area contributed by atoms with Crippen LogP contribution in [0.25, 0.3) is 16.6 Å². The Kier molecular flexibility index (Phi) is 7.66. The summed E-state index contributed by atoms with van der Waals surface area (Å²) in [5, 5.41) is 18.5. The van der Waals surface area contributed by atoms with Crippen molar-refractivity contribution in [2.24, 2.45) is 0 Å². The van der Waals surface area contributed by atoms with Crippen molar-refractivity contribution in [1.82, 2.24) is 9.55 Å². The first-order valence-electron chi connectivity index (χ1n) is 11.3. The van der Waals surface area contributed by atoms with E-state index in [4.69, 9.17) is 21.4 Å². The number of aliphatic hydroxyl groups is 2. The number of nitrogens with zero attached hydrogens (tertiary/aromatic N) is 2. The first-order valence-corrected chi connectivity index (χ1v) is 11.7. The third kappa shape index (κ3) is 5.19. The van der Waals surface area contributed by atoms with Gasteiger partial charge in [-0.15, -0.1) is 0 Å². The van der Waals surface area contributed by atoms with Gasteiger partial charge in [-0.1, -0.05) is 54.1 Å². The first kappa shape index (κ1) is 28.4. The predicted octanol–water partition coefficient (Wildman–Crippen LogP) is 5.31. The molecule has 4 rings (SSSR count). The van der Waals surface area contributed by atoms with E-state index in [0.717, 1.165) is 16.7 Å². The molecule has 0 aliphatic heterocycles. The van der Waals surface area contributed by atoms with Crippen LogP contribution in [-0.4, -0.2) is 45.3 Å². The van der Waals surface area contributed by atoms with Gasteiger partial charge in [0.15, 0.2) is 0 Å². The van der Waals surface area contributed by atoms with E-state index in [1.165, 1.54) is 12.1 Å². The Balaban J connectivity index is 1.94. The molecule has 0 bridgehead atoms. The standard InChI is InChI=1S/C26H19ClF6N2O4/c27-22-19(39-13-12-36)11-10-18-21(22)23(37)35(20(34-18)14-15-4-2-1-3-5-15)17-8-6-16(7-9-17)24(38,25(28,29)30)26(31,32)33/h1-11,36,38H,12-14H2. The zero-order chi connectivity index (χ0) is 28.6. The maximum Gasteiger partial charge on any atom is 0.430 e. The molecule has 6 nitrogen and oxygen atoms in total. The molecule has 0 saturated carbocycles. The number of halogens is 7. The summed E-state index contributed by atoms with van der Waals surface area (Å²) in [6.07, 6.45) is -12.1. The molecule has 1 heterocycles. The summed E-state index contributed by atoms with van der Waals surface area (Å²) < 4.78 is 86.4. The lowest BCUT2D eigenvalue weighted by molar-refractivity contribution is -0.376. The molecule has 4 aromatic rings. The molecule has 0 spiro atoms. The molecule has 0 radical (unpaired) electrons. The highest BCUT2D eigenvalue weighted by atomic mass is 35.5. The van der Waals surface area contributed by atoms with E-state index in [2.05, 4.69) is 4.98 Å². The minimum Gasteiger partial charge on any atom is -0.490 e. The molecule has 3 aromatic carbocycles. The highest BCUT2D eigenvalue weighted by Crippen LogP contribution is 2.50. The van der Waals surface area contributed by atoms with Crippen LogP contribution in [-0.2, 0) is 12.0 Å². The second kappa shape index (κ2) is 10.5. The molecule has 1 aromatic heterocycles. The van der Waals surface area contributed by atoms with E-state index in [-0.39, 0.29) is 52.8 Å². The fourth-order valence-corrected chi connectivity index (χ4v) is 4.33. The topological polar surface area (TPSA) is 84.6 Å². The first-order chi connectivity index (χ1) is 18.3. The van der Waals surface area contributed by atoms with Crippen molar-refractivity contribution in [2.75, 3.05) is 13.2 Å². The molecule has 0 amide bonds. The maximum atomic E-state index is 13.7. The van der Waals surface area contributed by atoms with Crippen LogP contribution < -0.4 is 10.3 Å². The Hall–Kier alpha value is -3.61. The molecular weight excluding hydrogens is 554 g/mol. The van der Waals surface area contributed by atoms with Crippen LogP contribution in [0, 0.1) is 0 Å². The van der Waals surface area contributed by atoms with Crippen LogP contribution in [0.3, 0.4) is 0 Å². The van der Waals surface area contributed by atoms with Gasteiger partial charge in [-0.05, 0) is 29.8 Å². The Morgan fingerprint density at radius 3 is 2.08 bits per heavy atom. The Labute approximate surface area is 221 Å². The van der Waals surface area contributed by atoms with E-state index in [1.54, 1.807) is 30.3 Å². The van der Waals surface area contributed by atoms with Gasteiger partial charge in [-0.2, -0.15) is 26.3 Å². The number of benzene rings is 3. The van der Waals surface area contributed by atoms with Gasteiger partial charge < -0.3 is 14.9 Å². The van der Waals surface area contributed by atoms with Crippen molar-refractivity contribution in [1.29, 1.82) is 0 Å². The zero-order valence-corrected chi connectivity index (χ0v) is 20.5.